The summed E-state index contributed by atoms with van der Waals surface area (Å²) in [6, 6.07) is 7.35. The summed E-state index contributed by atoms with van der Waals surface area (Å²) < 4.78 is 4.76. The molecule has 2 nitrogen and oxygen atoms in total. The summed E-state index contributed by atoms with van der Waals surface area (Å²) >= 11 is 11.6. The second-order valence-electron chi connectivity index (χ2n) is 2.98. The first-order chi connectivity index (χ1) is 6.66. The number of halogens is 2. The highest BCUT2D eigenvalue weighted by Crippen LogP contribution is 2.26. The molecule has 0 aliphatic heterocycles. The fraction of sp³-hybridized carbons (Fsp3) is 0.100. The van der Waals surface area contributed by atoms with Crippen molar-refractivity contribution in [3.05, 3.63) is 40.1 Å². The molecule has 1 aromatic heterocycles. The van der Waals surface area contributed by atoms with Crippen LogP contribution in [-0.4, -0.2) is 5.16 Å². The summed E-state index contributed by atoms with van der Waals surface area (Å²) in [5.74, 6) is 0. The van der Waals surface area contributed by atoms with Crippen LogP contribution in [0.3, 0.4) is 0 Å². The molecule has 0 bridgehead atoms. The lowest BCUT2D eigenvalue weighted by molar-refractivity contribution is 0.424. The van der Waals surface area contributed by atoms with Gasteiger partial charge in [-0.15, -0.1) is 0 Å². The zero-order valence-electron chi connectivity index (χ0n) is 7.42. The molecule has 1 heterocycles. The number of rotatable bonds is 1. The minimum Gasteiger partial charge on any atom is -0.344 e. The van der Waals surface area contributed by atoms with Crippen molar-refractivity contribution in [3.8, 4) is 11.3 Å². The number of hydrogen-bond donors (Lipinski definition) is 0. The third kappa shape index (κ3) is 1.76. The zero-order valence-corrected chi connectivity index (χ0v) is 8.93. The molecule has 0 saturated heterocycles. The molecule has 2 aromatic rings. The maximum absolute atomic E-state index is 5.98. The fourth-order valence-electron chi connectivity index (χ4n) is 1.14. The van der Waals surface area contributed by atoms with Gasteiger partial charge < -0.3 is 4.52 Å². The normalized spacial score (nSPS) is 10.5. The van der Waals surface area contributed by atoms with Gasteiger partial charge in [0.25, 0.3) is 0 Å². The molecule has 0 spiro atoms. The smallest absolute Gasteiger partial charge is 0.226 e. The van der Waals surface area contributed by atoms with E-state index in [1.54, 1.807) is 6.07 Å². The monoisotopic (exact) mass is 227 g/mol. The van der Waals surface area contributed by atoms with Gasteiger partial charge in [0.2, 0.25) is 5.22 Å². The van der Waals surface area contributed by atoms with E-state index in [9.17, 15) is 0 Å². The third-order valence-corrected chi connectivity index (χ3v) is 2.53. The second-order valence-corrected chi connectivity index (χ2v) is 3.76. The molecule has 0 aliphatic rings. The van der Waals surface area contributed by atoms with E-state index in [0.717, 1.165) is 11.1 Å². The van der Waals surface area contributed by atoms with Crippen LogP contribution in [0.25, 0.3) is 11.3 Å². The van der Waals surface area contributed by atoms with Crippen molar-refractivity contribution in [2.45, 2.75) is 6.92 Å². The van der Waals surface area contributed by atoms with Crippen molar-refractivity contribution in [1.82, 2.24) is 5.16 Å². The van der Waals surface area contributed by atoms with E-state index in [4.69, 9.17) is 27.7 Å². The van der Waals surface area contributed by atoms with Crippen LogP contribution >= 0.6 is 23.2 Å². The molecule has 0 radical (unpaired) electrons. The number of hydrogen-bond acceptors (Lipinski definition) is 2. The molecule has 14 heavy (non-hydrogen) atoms. The summed E-state index contributed by atoms with van der Waals surface area (Å²) in [6.45, 7) is 1.95. The summed E-state index contributed by atoms with van der Waals surface area (Å²) in [7, 11) is 0. The Balaban J connectivity index is 2.47. The van der Waals surface area contributed by atoms with Crippen LogP contribution in [0, 0.1) is 6.92 Å². The highest BCUT2D eigenvalue weighted by Gasteiger charge is 2.05. The number of aryl methyl sites for hydroxylation is 1. The molecule has 0 atom stereocenters. The van der Waals surface area contributed by atoms with Gasteiger partial charge in [-0.05, 0) is 30.2 Å². The van der Waals surface area contributed by atoms with Crippen LogP contribution in [0.1, 0.15) is 5.56 Å². The first kappa shape index (κ1) is 9.56. The number of benzene rings is 1. The van der Waals surface area contributed by atoms with Crippen LogP contribution in [0.2, 0.25) is 10.2 Å². The Labute approximate surface area is 91.4 Å². The lowest BCUT2D eigenvalue weighted by atomic mass is 10.1. The topological polar surface area (TPSA) is 26.0 Å². The largest absolute Gasteiger partial charge is 0.344 e. The Morgan fingerprint density at radius 2 is 2.00 bits per heavy atom. The second kappa shape index (κ2) is 3.64. The molecule has 1 aromatic carbocycles. The summed E-state index contributed by atoms with van der Waals surface area (Å²) in [5.41, 5.74) is 2.62. The Kier molecular flexibility index (Phi) is 2.48. The minimum atomic E-state index is 0.275. The van der Waals surface area contributed by atoms with Gasteiger partial charge in [0, 0.05) is 16.7 Å². The zero-order chi connectivity index (χ0) is 10.1. The quantitative estimate of drug-likeness (QED) is 0.738. The van der Waals surface area contributed by atoms with Gasteiger partial charge >= 0.3 is 0 Å². The predicted molar refractivity (Wildman–Crippen MR) is 56.7 cm³/mol. The third-order valence-electron chi connectivity index (χ3n) is 1.95. The molecular formula is C10H7Cl2NO. The van der Waals surface area contributed by atoms with Crippen molar-refractivity contribution in [3.63, 3.8) is 0 Å². The first-order valence-electron chi connectivity index (χ1n) is 4.05. The predicted octanol–water partition coefficient (Wildman–Crippen LogP) is 3.96. The summed E-state index contributed by atoms with van der Waals surface area (Å²) in [4.78, 5) is 0. The van der Waals surface area contributed by atoms with Gasteiger partial charge in [-0.1, -0.05) is 28.9 Å². The first-order valence-corrected chi connectivity index (χ1v) is 4.81. The molecule has 72 valence electrons. The van der Waals surface area contributed by atoms with Gasteiger partial charge in [0.05, 0.1) is 0 Å². The van der Waals surface area contributed by atoms with Crippen LogP contribution in [0.15, 0.2) is 28.8 Å². The lowest BCUT2D eigenvalue weighted by Crippen LogP contribution is -1.79. The van der Waals surface area contributed by atoms with E-state index >= 15 is 0 Å². The summed E-state index contributed by atoms with van der Waals surface area (Å²) in [5, 5.41) is 4.78. The fourth-order valence-corrected chi connectivity index (χ4v) is 1.46. The SMILES string of the molecule is Cc1ccc(-c2cc(Cl)on2)cc1Cl. The molecule has 0 saturated carbocycles. The van der Waals surface area contributed by atoms with E-state index in [1.165, 1.54) is 0 Å². The number of aromatic nitrogens is 1. The Hall–Kier alpha value is -0.990. The molecule has 0 amide bonds. The van der Waals surface area contributed by atoms with E-state index in [0.29, 0.717) is 10.7 Å². The van der Waals surface area contributed by atoms with Gasteiger partial charge in [-0.2, -0.15) is 0 Å². The molecule has 0 N–H and O–H groups in total. The average Bonchev–Trinajstić information content (AvgIpc) is 2.57. The standard InChI is InChI=1S/C10H7Cl2NO/c1-6-2-3-7(4-8(6)11)9-5-10(12)14-13-9/h2-5H,1H3. The van der Waals surface area contributed by atoms with Crippen LogP contribution in [-0.2, 0) is 0 Å². The van der Waals surface area contributed by atoms with Gasteiger partial charge in [-0.3, -0.25) is 0 Å². The van der Waals surface area contributed by atoms with Crippen molar-refractivity contribution in [2.24, 2.45) is 0 Å². The Morgan fingerprint density at radius 1 is 1.21 bits per heavy atom. The van der Waals surface area contributed by atoms with Crippen molar-refractivity contribution in [2.75, 3.05) is 0 Å². The van der Waals surface area contributed by atoms with Gasteiger partial charge in [-0.25, -0.2) is 0 Å². The summed E-state index contributed by atoms with van der Waals surface area (Å²) in [6.07, 6.45) is 0. The molecular weight excluding hydrogens is 221 g/mol. The molecule has 2 rings (SSSR count). The van der Waals surface area contributed by atoms with Crippen molar-refractivity contribution in [1.29, 1.82) is 0 Å². The minimum absolute atomic E-state index is 0.275. The van der Waals surface area contributed by atoms with E-state index in [-0.39, 0.29) is 5.22 Å². The van der Waals surface area contributed by atoms with E-state index < -0.39 is 0 Å². The van der Waals surface area contributed by atoms with E-state index in [1.807, 2.05) is 25.1 Å². The Bertz CT molecular complexity index is 465. The average molecular weight is 228 g/mol. The van der Waals surface area contributed by atoms with Crippen LogP contribution < -0.4 is 0 Å². The van der Waals surface area contributed by atoms with Crippen molar-refractivity contribution >= 4 is 23.2 Å². The van der Waals surface area contributed by atoms with E-state index in [2.05, 4.69) is 5.16 Å². The van der Waals surface area contributed by atoms with Crippen molar-refractivity contribution < 1.29 is 4.52 Å². The highest BCUT2D eigenvalue weighted by atomic mass is 35.5. The molecule has 0 unspecified atom stereocenters. The van der Waals surface area contributed by atoms with Gasteiger partial charge in [0.1, 0.15) is 5.69 Å². The number of nitrogens with zero attached hydrogens (tertiary/aromatic N) is 1. The van der Waals surface area contributed by atoms with Crippen LogP contribution in [0.4, 0.5) is 0 Å². The highest BCUT2D eigenvalue weighted by molar-refractivity contribution is 6.31. The lowest BCUT2D eigenvalue weighted by Gasteiger charge is -1.99. The molecule has 0 aliphatic carbocycles. The molecule has 0 fully saturated rings. The maximum Gasteiger partial charge on any atom is 0.226 e. The molecule has 4 heteroatoms. The Morgan fingerprint density at radius 3 is 2.57 bits per heavy atom. The maximum atomic E-state index is 5.98. The van der Waals surface area contributed by atoms with Crippen LogP contribution in [0.5, 0.6) is 0 Å². The van der Waals surface area contributed by atoms with Gasteiger partial charge in [0.15, 0.2) is 0 Å².